The van der Waals surface area contributed by atoms with Crippen LogP contribution in [0.25, 0.3) is 0 Å². The van der Waals surface area contributed by atoms with E-state index < -0.39 is 46.4 Å². The maximum Gasteiger partial charge on any atom is 0.362 e. The number of anilines is 1. The molecule has 13 nitrogen and oxygen atoms in total. The van der Waals surface area contributed by atoms with Crippen molar-refractivity contribution < 1.29 is 36.9 Å². The van der Waals surface area contributed by atoms with Crippen LogP contribution in [-0.2, 0) is 34.3 Å². The topological polar surface area (TPSA) is 177 Å². The molecule has 1 aromatic rings. The number of hydrogen-bond acceptors (Lipinski definition) is 10. The summed E-state index contributed by atoms with van der Waals surface area (Å²) in [4.78, 5) is 45.5. The lowest BCUT2D eigenvalue weighted by atomic mass is 10.1. The molecule has 2 heterocycles. The van der Waals surface area contributed by atoms with E-state index in [0.717, 1.165) is 18.4 Å². The molecule has 166 valence electrons. The van der Waals surface area contributed by atoms with Crippen molar-refractivity contribution in [1.82, 2.24) is 14.6 Å². The third-order valence-corrected chi connectivity index (χ3v) is 5.42. The van der Waals surface area contributed by atoms with Gasteiger partial charge in [-0.1, -0.05) is 5.16 Å². The van der Waals surface area contributed by atoms with Gasteiger partial charge in [-0.2, -0.15) is 8.42 Å². The first-order valence-corrected chi connectivity index (χ1v) is 11.0. The summed E-state index contributed by atoms with van der Waals surface area (Å²) in [6.07, 6.45) is -0.404. The van der Waals surface area contributed by atoms with Gasteiger partial charge in [-0.25, -0.2) is 9.29 Å². The van der Waals surface area contributed by atoms with Crippen LogP contribution in [0.3, 0.4) is 0 Å². The zero-order chi connectivity index (χ0) is 22.7. The predicted octanol–water partition coefficient (Wildman–Crippen LogP) is -0.447. The highest BCUT2D eigenvalue weighted by atomic mass is 35.5. The minimum absolute atomic E-state index is 0.00711. The number of thiazole rings is 1. The van der Waals surface area contributed by atoms with E-state index in [2.05, 4.69) is 20.8 Å². The molecule has 2 rings (SSSR count). The Morgan fingerprint density at radius 1 is 1.50 bits per heavy atom. The number of β-lactam (4-membered cyclic amide) rings is 1. The summed E-state index contributed by atoms with van der Waals surface area (Å²) in [6.45, 7) is 2.66. The van der Waals surface area contributed by atoms with Crippen LogP contribution < -0.4 is 10.6 Å². The number of carbonyl (C=O) groups excluding carboxylic acids is 3. The van der Waals surface area contributed by atoms with Gasteiger partial charge >= 0.3 is 10.3 Å². The number of rotatable bonds is 9. The number of aromatic nitrogens is 1. The van der Waals surface area contributed by atoms with E-state index in [4.69, 9.17) is 25.7 Å². The lowest BCUT2D eigenvalue weighted by Gasteiger charge is -2.44. The smallest absolute Gasteiger partial charge is 0.362 e. The SMILES string of the molecule is COC1(NC(=O)C(=NOC(C)C)c2csc(NC(=O)CCl)n2)CN(S(=O)(=O)O)C1=O. The molecule has 1 saturated heterocycles. The van der Waals surface area contributed by atoms with Crippen LogP contribution in [0.4, 0.5) is 5.13 Å². The first-order chi connectivity index (χ1) is 13.9. The Bertz CT molecular complexity index is 979. The molecule has 0 saturated carbocycles. The van der Waals surface area contributed by atoms with Crippen molar-refractivity contribution >= 4 is 61.8 Å². The molecule has 0 spiro atoms. The summed E-state index contributed by atoms with van der Waals surface area (Å²) in [5, 5.41) is 9.92. The van der Waals surface area contributed by atoms with Crippen molar-refractivity contribution in [2.75, 3.05) is 24.9 Å². The quantitative estimate of drug-likeness (QED) is 0.105. The molecule has 0 aromatic carbocycles. The fraction of sp³-hybridized carbons (Fsp3) is 0.500. The van der Waals surface area contributed by atoms with Crippen molar-refractivity contribution in [1.29, 1.82) is 0 Å². The number of methoxy groups -OCH3 is 1. The number of nitrogens with zero attached hydrogens (tertiary/aromatic N) is 3. The average molecular weight is 484 g/mol. The van der Waals surface area contributed by atoms with Crippen LogP contribution in [0.2, 0.25) is 0 Å². The largest absolute Gasteiger partial charge is 0.392 e. The maximum absolute atomic E-state index is 12.8. The summed E-state index contributed by atoms with van der Waals surface area (Å²) in [6, 6.07) is 0. The van der Waals surface area contributed by atoms with Gasteiger partial charge in [0.2, 0.25) is 11.6 Å². The molecule has 1 aliphatic rings. The molecule has 0 bridgehead atoms. The number of alkyl halides is 1. The number of halogens is 1. The number of carbonyl (C=O) groups is 3. The average Bonchev–Trinajstić information content (AvgIpc) is 3.11. The van der Waals surface area contributed by atoms with Gasteiger partial charge in [0.1, 0.15) is 17.7 Å². The van der Waals surface area contributed by atoms with Crippen LogP contribution in [-0.4, -0.2) is 77.1 Å². The van der Waals surface area contributed by atoms with E-state index in [0.29, 0.717) is 0 Å². The highest BCUT2D eigenvalue weighted by Crippen LogP contribution is 2.26. The van der Waals surface area contributed by atoms with Crippen molar-refractivity contribution in [3.8, 4) is 0 Å². The molecule has 1 aromatic heterocycles. The van der Waals surface area contributed by atoms with E-state index in [-0.39, 0.29) is 26.7 Å². The Balaban J connectivity index is 2.27. The van der Waals surface area contributed by atoms with E-state index in [1.54, 1.807) is 13.8 Å². The zero-order valence-electron chi connectivity index (χ0n) is 15.9. The first-order valence-electron chi connectivity index (χ1n) is 8.16. The van der Waals surface area contributed by atoms with Gasteiger partial charge in [-0.15, -0.1) is 22.9 Å². The second-order valence-electron chi connectivity index (χ2n) is 6.09. The lowest BCUT2D eigenvalue weighted by Crippen LogP contribution is -2.76. The number of amides is 3. The molecular formula is C14H18ClN5O8S2. The number of oxime groups is 1. The Morgan fingerprint density at radius 3 is 2.67 bits per heavy atom. The molecule has 1 unspecified atom stereocenters. The summed E-state index contributed by atoms with van der Waals surface area (Å²) >= 11 is 6.41. The third kappa shape index (κ3) is 5.23. The van der Waals surface area contributed by atoms with Crippen molar-refractivity contribution in [3.05, 3.63) is 11.1 Å². The van der Waals surface area contributed by atoms with Gasteiger partial charge in [0.25, 0.3) is 11.8 Å². The predicted molar refractivity (Wildman–Crippen MR) is 105 cm³/mol. The first kappa shape index (κ1) is 23.9. The van der Waals surface area contributed by atoms with Gasteiger partial charge in [0.15, 0.2) is 10.8 Å². The van der Waals surface area contributed by atoms with Gasteiger partial charge in [0.05, 0.1) is 6.54 Å². The van der Waals surface area contributed by atoms with E-state index >= 15 is 0 Å². The molecule has 16 heteroatoms. The van der Waals surface area contributed by atoms with Gasteiger partial charge in [-0.3, -0.25) is 18.9 Å². The lowest BCUT2D eigenvalue weighted by molar-refractivity contribution is -0.179. The Morgan fingerprint density at radius 2 is 2.17 bits per heavy atom. The molecule has 1 atom stereocenters. The van der Waals surface area contributed by atoms with Crippen LogP contribution in [0.1, 0.15) is 19.5 Å². The summed E-state index contributed by atoms with van der Waals surface area (Å²) in [5.74, 6) is -2.97. The van der Waals surface area contributed by atoms with Crippen LogP contribution in [0.15, 0.2) is 10.5 Å². The Labute approximate surface area is 180 Å². The Hall–Kier alpha value is -2.33. The minimum atomic E-state index is -4.80. The molecule has 0 aliphatic carbocycles. The van der Waals surface area contributed by atoms with E-state index in [1.807, 2.05) is 0 Å². The van der Waals surface area contributed by atoms with Crippen LogP contribution >= 0.6 is 22.9 Å². The molecule has 30 heavy (non-hydrogen) atoms. The van der Waals surface area contributed by atoms with Gasteiger partial charge < -0.3 is 20.2 Å². The van der Waals surface area contributed by atoms with Crippen LogP contribution in [0.5, 0.6) is 0 Å². The standard InChI is InChI=1S/C14H18ClN5O8S2/c1-7(2)28-19-10(8-5-29-13(16-8)17-9(21)4-15)11(22)18-14(27-3)6-20(12(14)23)30(24,25)26/h5,7H,4,6H2,1-3H3,(H,18,22)(H,16,17,21)(H,24,25,26). The van der Waals surface area contributed by atoms with Crippen molar-refractivity contribution in [3.63, 3.8) is 0 Å². The number of nitrogens with one attached hydrogen (secondary N) is 2. The highest BCUT2D eigenvalue weighted by Gasteiger charge is 2.59. The molecule has 1 fully saturated rings. The van der Waals surface area contributed by atoms with E-state index in [1.165, 1.54) is 5.38 Å². The molecule has 3 amide bonds. The Kier molecular flexibility index (Phi) is 7.36. The molecular weight excluding hydrogens is 466 g/mol. The maximum atomic E-state index is 12.8. The van der Waals surface area contributed by atoms with Crippen molar-refractivity contribution in [2.24, 2.45) is 5.16 Å². The van der Waals surface area contributed by atoms with E-state index in [9.17, 15) is 22.8 Å². The monoisotopic (exact) mass is 483 g/mol. The van der Waals surface area contributed by atoms with Gasteiger partial charge in [0, 0.05) is 12.5 Å². The van der Waals surface area contributed by atoms with Gasteiger partial charge in [-0.05, 0) is 13.8 Å². The molecule has 1 aliphatic heterocycles. The minimum Gasteiger partial charge on any atom is -0.392 e. The van der Waals surface area contributed by atoms with Crippen molar-refractivity contribution in [2.45, 2.75) is 25.7 Å². The number of ether oxygens (including phenoxy) is 1. The fourth-order valence-electron chi connectivity index (χ4n) is 2.13. The zero-order valence-corrected chi connectivity index (χ0v) is 18.3. The summed E-state index contributed by atoms with van der Waals surface area (Å²) in [7, 11) is -3.73. The second-order valence-corrected chi connectivity index (χ2v) is 8.55. The third-order valence-electron chi connectivity index (χ3n) is 3.57. The summed E-state index contributed by atoms with van der Waals surface area (Å²) < 4.78 is 36.4. The normalized spacial score (nSPS) is 19.5. The molecule has 0 radical (unpaired) electrons. The van der Waals surface area contributed by atoms with Crippen LogP contribution in [0, 0.1) is 0 Å². The number of hydrogen-bond donors (Lipinski definition) is 3. The summed E-state index contributed by atoms with van der Waals surface area (Å²) in [5.41, 5.74) is -2.38. The molecule has 3 N–H and O–H groups in total. The second kappa shape index (κ2) is 9.22. The fourth-order valence-corrected chi connectivity index (χ4v) is 3.61. The highest BCUT2D eigenvalue weighted by molar-refractivity contribution is 7.84.